The number of hydrogen-bond donors (Lipinski definition) is 3. The number of aryl methyl sites for hydroxylation is 1. The Balaban J connectivity index is 1.91. The molecule has 0 aromatic heterocycles. The Kier molecular flexibility index (Phi) is 7.51. The van der Waals surface area contributed by atoms with Crippen LogP contribution >= 0.6 is 0 Å². The van der Waals surface area contributed by atoms with Gasteiger partial charge in [0.15, 0.2) is 12.3 Å². The maximum absolute atomic E-state index is 12.4. The number of anilines is 1. The van der Waals surface area contributed by atoms with Crippen molar-refractivity contribution in [3.63, 3.8) is 0 Å². The van der Waals surface area contributed by atoms with Crippen LogP contribution in [-0.2, 0) is 16.0 Å². The standard InChI is InChI=1S/C20H25N3O5/c1-14-6-4-5-7-15(14)10-11-21-19(24)13-28-20(25)17-12-16(23(26)27)8-9-18(17)22(2)3/h4-9,12,23,26H,10-11,13H2,1-3H3,(H,21,24). The summed E-state index contributed by atoms with van der Waals surface area (Å²) in [4.78, 5) is 26.0. The third-order valence-electron chi connectivity index (χ3n) is 4.26. The molecule has 150 valence electrons. The van der Waals surface area contributed by atoms with Gasteiger partial charge >= 0.3 is 5.97 Å². The van der Waals surface area contributed by atoms with Crippen molar-refractivity contribution in [3.8, 4) is 0 Å². The second kappa shape index (κ2) is 9.84. The maximum Gasteiger partial charge on any atom is 0.340 e. The van der Waals surface area contributed by atoms with E-state index in [9.17, 15) is 14.8 Å². The quantitative estimate of drug-likeness (QED) is 0.461. The molecule has 8 nitrogen and oxygen atoms in total. The molecule has 8 heteroatoms. The number of quaternary nitrogens is 1. The number of benzene rings is 2. The fourth-order valence-electron chi connectivity index (χ4n) is 2.71. The predicted molar refractivity (Wildman–Crippen MR) is 105 cm³/mol. The lowest BCUT2D eigenvalue weighted by atomic mass is 10.1. The van der Waals surface area contributed by atoms with Crippen LogP contribution in [0.1, 0.15) is 21.5 Å². The fraction of sp³-hybridized carbons (Fsp3) is 0.300. The van der Waals surface area contributed by atoms with Gasteiger partial charge in [-0.25, -0.2) is 10.0 Å². The molecule has 1 atom stereocenters. The third kappa shape index (κ3) is 5.78. The van der Waals surface area contributed by atoms with E-state index in [1.165, 1.54) is 18.2 Å². The number of carbonyl (C=O) groups is 2. The van der Waals surface area contributed by atoms with Gasteiger partial charge in [0, 0.05) is 32.8 Å². The molecule has 0 spiro atoms. The molecular formula is C20H25N3O5. The van der Waals surface area contributed by atoms with Crippen LogP contribution in [0.4, 0.5) is 11.4 Å². The summed E-state index contributed by atoms with van der Waals surface area (Å²) >= 11 is 0. The number of carbonyl (C=O) groups excluding carboxylic acids is 2. The molecule has 2 aromatic carbocycles. The van der Waals surface area contributed by atoms with E-state index in [1.807, 2.05) is 31.2 Å². The molecule has 0 aliphatic heterocycles. The first-order chi connectivity index (χ1) is 13.3. The first-order valence-electron chi connectivity index (χ1n) is 8.82. The fourth-order valence-corrected chi connectivity index (χ4v) is 2.71. The summed E-state index contributed by atoms with van der Waals surface area (Å²) in [5.41, 5.74) is 2.87. The van der Waals surface area contributed by atoms with Gasteiger partial charge in [0.2, 0.25) is 0 Å². The molecule has 0 heterocycles. The summed E-state index contributed by atoms with van der Waals surface area (Å²) in [5.74, 6) is -1.16. The van der Waals surface area contributed by atoms with Gasteiger partial charge < -0.3 is 20.2 Å². The highest BCUT2D eigenvalue weighted by atomic mass is 16.8. The van der Waals surface area contributed by atoms with Gasteiger partial charge in [-0.2, -0.15) is 5.23 Å². The number of ether oxygens (including phenoxy) is 1. The average molecular weight is 387 g/mol. The summed E-state index contributed by atoms with van der Waals surface area (Å²) in [7, 11) is 3.45. The van der Waals surface area contributed by atoms with Gasteiger partial charge in [-0.15, -0.1) is 0 Å². The van der Waals surface area contributed by atoms with E-state index in [1.54, 1.807) is 19.0 Å². The maximum atomic E-state index is 12.4. The van der Waals surface area contributed by atoms with Crippen LogP contribution in [0.3, 0.4) is 0 Å². The van der Waals surface area contributed by atoms with Crippen molar-refractivity contribution in [1.29, 1.82) is 0 Å². The van der Waals surface area contributed by atoms with Crippen LogP contribution in [-0.4, -0.2) is 44.3 Å². The van der Waals surface area contributed by atoms with E-state index in [0.29, 0.717) is 18.7 Å². The molecule has 3 N–H and O–H groups in total. The highest BCUT2D eigenvalue weighted by molar-refractivity contribution is 5.97. The Morgan fingerprint density at radius 1 is 1.21 bits per heavy atom. The normalized spacial score (nSPS) is 11.6. The molecule has 1 amide bonds. The Bertz CT molecular complexity index is 836. The second-order valence-corrected chi connectivity index (χ2v) is 6.53. The Labute approximate surface area is 163 Å². The molecule has 1 unspecified atom stereocenters. The zero-order valence-corrected chi connectivity index (χ0v) is 16.2. The minimum atomic E-state index is -1.15. The van der Waals surface area contributed by atoms with E-state index in [-0.39, 0.29) is 11.3 Å². The monoisotopic (exact) mass is 387 g/mol. The number of esters is 1. The van der Waals surface area contributed by atoms with Crippen molar-refractivity contribution in [2.24, 2.45) is 0 Å². The predicted octanol–water partition coefficient (Wildman–Crippen LogP) is 0.980. The van der Waals surface area contributed by atoms with Crippen molar-refractivity contribution in [2.75, 3.05) is 32.1 Å². The molecule has 0 saturated heterocycles. The molecule has 0 radical (unpaired) electrons. The average Bonchev–Trinajstić information content (AvgIpc) is 2.67. The Morgan fingerprint density at radius 3 is 2.57 bits per heavy atom. The van der Waals surface area contributed by atoms with Crippen molar-refractivity contribution in [1.82, 2.24) is 5.32 Å². The van der Waals surface area contributed by atoms with Crippen LogP contribution in [0.25, 0.3) is 0 Å². The zero-order valence-electron chi connectivity index (χ0n) is 16.2. The number of amides is 1. The highest BCUT2D eigenvalue weighted by Crippen LogP contribution is 2.22. The smallest absolute Gasteiger partial charge is 0.340 e. The second-order valence-electron chi connectivity index (χ2n) is 6.53. The van der Waals surface area contributed by atoms with E-state index < -0.39 is 23.7 Å². The Morgan fingerprint density at radius 2 is 1.93 bits per heavy atom. The van der Waals surface area contributed by atoms with Crippen molar-refractivity contribution in [2.45, 2.75) is 13.3 Å². The zero-order chi connectivity index (χ0) is 20.7. The molecule has 0 aliphatic rings. The van der Waals surface area contributed by atoms with Crippen LogP contribution in [0.15, 0.2) is 42.5 Å². The highest BCUT2D eigenvalue weighted by Gasteiger charge is 2.18. The molecule has 0 aliphatic carbocycles. The summed E-state index contributed by atoms with van der Waals surface area (Å²) in [6.07, 6.45) is 0.678. The lowest BCUT2D eigenvalue weighted by Crippen LogP contribution is -2.99. The molecule has 0 fully saturated rings. The van der Waals surface area contributed by atoms with Crippen LogP contribution in [0.2, 0.25) is 0 Å². The van der Waals surface area contributed by atoms with E-state index >= 15 is 0 Å². The van der Waals surface area contributed by atoms with Gasteiger partial charge in [-0.1, -0.05) is 24.3 Å². The summed E-state index contributed by atoms with van der Waals surface area (Å²) < 4.78 is 5.07. The molecule has 0 bridgehead atoms. The minimum absolute atomic E-state index is 0.0276. The summed E-state index contributed by atoms with van der Waals surface area (Å²) in [5, 5.41) is 21.8. The van der Waals surface area contributed by atoms with Gasteiger partial charge in [0.1, 0.15) is 0 Å². The van der Waals surface area contributed by atoms with Crippen molar-refractivity contribution in [3.05, 3.63) is 64.4 Å². The Hall–Kier alpha value is -2.94. The first-order valence-corrected chi connectivity index (χ1v) is 8.82. The van der Waals surface area contributed by atoms with E-state index in [4.69, 9.17) is 9.94 Å². The van der Waals surface area contributed by atoms with E-state index in [2.05, 4.69) is 5.32 Å². The van der Waals surface area contributed by atoms with Gasteiger partial charge in [-0.05, 0) is 30.5 Å². The number of nitrogens with one attached hydrogen (secondary N) is 2. The van der Waals surface area contributed by atoms with Crippen molar-refractivity contribution < 1.29 is 24.8 Å². The molecule has 2 rings (SSSR count). The van der Waals surface area contributed by atoms with Crippen molar-refractivity contribution >= 4 is 23.3 Å². The van der Waals surface area contributed by atoms with Gasteiger partial charge in [-0.3, -0.25) is 4.79 Å². The topological polar surface area (TPSA) is 106 Å². The first kappa shape index (κ1) is 21.4. The lowest BCUT2D eigenvalue weighted by molar-refractivity contribution is -0.991. The number of hydrogen-bond acceptors (Lipinski definition) is 6. The number of nitrogens with zero attached hydrogens (tertiary/aromatic N) is 1. The molecule has 0 saturated carbocycles. The molecule has 2 aromatic rings. The lowest BCUT2D eigenvalue weighted by Gasteiger charge is -2.19. The third-order valence-corrected chi connectivity index (χ3v) is 4.26. The largest absolute Gasteiger partial charge is 0.595 e. The SMILES string of the molecule is Cc1ccccc1CCNC(=O)COC(=O)c1cc([NH+]([O-])O)ccc1N(C)C. The van der Waals surface area contributed by atoms with E-state index in [0.717, 1.165) is 11.1 Å². The molecule has 28 heavy (non-hydrogen) atoms. The van der Waals surface area contributed by atoms with Crippen LogP contribution in [0.5, 0.6) is 0 Å². The number of rotatable bonds is 8. The van der Waals surface area contributed by atoms with Crippen LogP contribution < -0.4 is 15.4 Å². The molecular weight excluding hydrogens is 362 g/mol. The summed E-state index contributed by atoms with van der Waals surface area (Å²) in [6.45, 7) is 2.00. The minimum Gasteiger partial charge on any atom is -0.595 e. The van der Waals surface area contributed by atoms with Gasteiger partial charge in [0.05, 0.1) is 11.3 Å². The van der Waals surface area contributed by atoms with Gasteiger partial charge in [0.25, 0.3) is 5.91 Å². The van der Waals surface area contributed by atoms with Crippen LogP contribution in [0, 0.1) is 12.1 Å². The summed E-state index contributed by atoms with van der Waals surface area (Å²) in [6, 6.07) is 12.1.